The van der Waals surface area contributed by atoms with Gasteiger partial charge >= 0.3 is 0 Å². The maximum atomic E-state index is 5.35. The highest BCUT2D eigenvalue weighted by Crippen LogP contribution is 2.63. The van der Waals surface area contributed by atoms with Gasteiger partial charge in [-0.3, -0.25) is 0 Å². The summed E-state index contributed by atoms with van der Waals surface area (Å²) in [4.78, 5) is 15.8. The maximum Gasteiger partial charge on any atom is 0.164 e. The molecule has 2 aliphatic carbocycles. The Kier molecular flexibility index (Phi) is 6.72. The molecular weight excluding hydrogens is 699 g/mol. The molecule has 0 atom stereocenters. The molecule has 4 heteroatoms. The number of hydrogen-bond donors (Lipinski definition) is 0. The highest BCUT2D eigenvalue weighted by Gasteiger charge is 2.52. The standard InChI is InChI=1S/C52H31N3S/c1-2-14-32(15-3-1)49-53-50(35-17-12-16-33(30-35)34-28-29-47-41(31-34)38-20-7-11-27-46(38)56-47)55-51(54-49)40-22-13-26-45-48(40)39-21-6-10-25-44(39)52(45)42-23-8-4-18-36(42)37-19-5-9-24-43(37)52/h1-31H. The van der Waals surface area contributed by atoms with Crippen molar-refractivity contribution in [2.24, 2.45) is 0 Å². The summed E-state index contributed by atoms with van der Waals surface area (Å²) < 4.78 is 2.60. The van der Waals surface area contributed by atoms with Gasteiger partial charge in [-0.05, 0) is 79.9 Å². The number of benzene rings is 8. The van der Waals surface area contributed by atoms with Crippen LogP contribution in [0, 0.1) is 0 Å². The molecule has 0 saturated carbocycles. The minimum Gasteiger partial charge on any atom is -0.208 e. The molecule has 3 nitrogen and oxygen atoms in total. The second-order valence-corrected chi connectivity index (χ2v) is 15.8. The second-order valence-electron chi connectivity index (χ2n) is 14.7. The number of thiophene rings is 1. The topological polar surface area (TPSA) is 38.7 Å². The summed E-state index contributed by atoms with van der Waals surface area (Å²) in [5, 5.41) is 2.58. The van der Waals surface area contributed by atoms with Crippen molar-refractivity contribution >= 4 is 31.5 Å². The molecule has 2 aliphatic rings. The first-order valence-corrected chi connectivity index (χ1v) is 19.8. The van der Waals surface area contributed by atoms with Crippen LogP contribution in [0.3, 0.4) is 0 Å². The maximum absolute atomic E-state index is 5.35. The van der Waals surface area contributed by atoms with Gasteiger partial charge in [-0.25, -0.2) is 15.0 Å². The van der Waals surface area contributed by atoms with Crippen LogP contribution >= 0.6 is 11.3 Å². The van der Waals surface area contributed by atoms with Crippen LogP contribution in [0.5, 0.6) is 0 Å². The highest BCUT2D eigenvalue weighted by atomic mass is 32.1. The van der Waals surface area contributed by atoms with Crippen LogP contribution in [0.4, 0.5) is 0 Å². The molecule has 12 rings (SSSR count). The van der Waals surface area contributed by atoms with Crippen LogP contribution in [0.15, 0.2) is 188 Å². The van der Waals surface area contributed by atoms with Gasteiger partial charge in [-0.2, -0.15) is 0 Å². The van der Waals surface area contributed by atoms with E-state index in [9.17, 15) is 0 Å². The van der Waals surface area contributed by atoms with E-state index in [4.69, 9.17) is 15.0 Å². The summed E-state index contributed by atoms with van der Waals surface area (Å²) in [5.74, 6) is 1.96. The lowest BCUT2D eigenvalue weighted by molar-refractivity contribution is 0.794. The van der Waals surface area contributed by atoms with Crippen molar-refractivity contribution in [3.8, 4) is 67.5 Å². The predicted molar refractivity (Wildman–Crippen MR) is 231 cm³/mol. The van der Waals surface area contributed by atoms with E-state index in [-0.39, 0.29) is 0 Å². The van der Waals surface area contributed by atoms with Crippen molar-refractivity contribution in [1.82, 2.24) is 15.0 Å². The number of aromatic nitrogens is 3. The SMILES string of the molecule is c1ccc(-c2nc(-c3cccc(-c4ccc5sc6ccccc6c5c4)c3)nc(-c3cccc4c3-c3ccccc3C43c4ccccc4-c4ccccc43)n2)cc1. The number of nitrogens with zero attached hydrogens (tertiary/aromatic N) is 3. The Morgan fingerprint density at radius 2 is 0.839 bits per heavy atom. The minimum absolute atomic E-state index is 0.448. The first kappa shape index (κ1) is 31.4. The van der Waals surface area contributed by atoms with E-state index in [2.05, 4.69) is 170 Å². The summed E-state index contributed by atoms with van der Waals surface area (Å²) in [6, 6.07) is 67.8. The van der Waals surface area contributed by atoms with Crippen LogP contribution in [0.1, 0.15) is 22.3 Å². The van der Waals surface area contributed by atoms with Gasteiger partial charge < -0.3 is 0 Å². The van der Waals surface area contributed by atoms with Gasteiger partial charge in [0.15, 0.2) is 17.5 Å². The molecule has 10 aromatic rings. The average Bonchev–Trinajstić information content (AvgIpc) is 3.90. The molecular formula is C52H31N3S. The lowest BCUT2D eigenvalue weighted by atomic mass is 9.70. The van der Waals surface area contributed by atoms with Crippen molar-refractivity contribution in [2.75, 3.05) is 0 Å². The van der Waals surface area contributed by atoms with Gasteiger partial charge in [-0.15, -0.1) is 11.3 Å². The average molecular weight is 730 g/mol. The zero-order valence-corrected chi connectivity index (χ0v) is 31.0. The summed E-state index contributed by atoms with van der Waals surface area (Å²) in [7, 11) is 0. The van der Waals surface area contributed by atoms with Gasteiger partial charge in [0.2, 0.25) is 0 Å². The fraction of sp³-hybridized carbons (Fsp3) is 0.0192. The van der Waals surface area contributed by atoms with Crippen LogP contribution in [0.2, 0.25) is 0 Å². The fourth-order valence-electron chi connectivity index (χ4n) is 9.42. The Bertz CT molecular complexity index is 3170. The first-order chi connectivity index (χ1) is 27.8. The van der Waals surface area contributed by atoms with Crippen LogP contribution in [-0.2, 0) is 5.41 Å². The fourth-order valence-corrected chi connectivity index (χ4v) is 10.5. The normalized spacial score (nSPS) is 13.1. The third-order valence-corrected chi connectivity index (χ3v) is 12.9. The van der Waals surface area contributed by atoms with Crippen molar-refractivity contribution in [1.29, 1.82) is 0 Å². The van der Waals surface area contributed by atoms with Crippen LogP contribution in [-0.4, -0.2) is 15.0 Å². The second kappa shape index (κ2) is 12.0. The summed E-state index contributed by atoms with van der Waals surface area (Å²) in [6.45, 7) is 0. The van der Waals surface area contributed by atoms with Crippen LogP contribution < -0.4 is 0 Å². The minimum atomic E-state index is -0.448. The molecule has 56 heavy (non-hydrogen) atoms. The van der Waals surface area contributed by atoms with E-state index >= 15 is 0 Å². The largest absolute Gasteiger partial charge is 0.208 e. The Labute approximate surface area is 328 Å². The van der Waals surface area contributed by atoms with E-state index in [0.717, 1.165) is 22.3 Å². The van der Waals surface area contributed by atoms with Crippen molar-refractivity contribution in [2.45, 2.75) is 5.41 Å². The number of fused-ring (bicyclic) bond motifs is 13. The molecule has 1 spiro atoms. The lowest BCUT2D eigenvalue weighted by Gasteiger charge is -2.30. The zero-order valence-electron chi connectivity index (χ0n) is 30.1. The molecule has 0 fully saturated rings. The lowest BCUT2D eigenvalue weighted by Crippen LogP contribution is -2.25. The zero-order chi connectivity index (χ0) is 36.8. The highest BCUT2D eigenvalue weighted by molar-refractivity contribution is 7.25. The van der Waals surface area contributed by atoms with E-state index in [0.29, 0.717) is 17.5 Å². The molecule has 260 valence electrons. The first-order valence-electron chi connectivity index (χ1n) is 19.0. The third kappa shape index (κ3) is 4.42. The molecule has 0 saturated heterocycles. The molecule has 0 aliphatic heterocycles. The van der Waals surface area contributed by atoms with E-state index < -0.39 is 5.41 Å². The molecule has 0 radical (unpaired) electrons. The van der Waals surface area contributed by atoms with Gasteiger partial charge in [0.25, 0.3) is 0 Å². The summed E-state index contributed by atoms with van der Waals surface area (Å²) in [6.07, 6.45) is 0. The third-order valence-electron chi connectivity index (χ3n) is 11.8. The van der Waals surface area contributed by atoms with Gasteiger partial charge in [-0.1, -0.05) is 164 Å². The van der Waals surface area contributed by atoms with E-state index in [1.165, 1.54) is 70.2 Å². The molecule has 0 unspecified atom stereocenters. The molecule has 0 bridgehead atoms. The van der Waals surface area contributed by atoms with Crippen molar-refractivity contribution in [3.05, 3.63) is 210 Å². The van der Waals surface area contributed by atoms with Crippen LogP contribution in [0.25, 0.3) is 87.7 Å². The number of hydrogen-bond acceptors (Lipinski definition) is 4. The summed E-state index contributed by atoms with van der Waals surface area (Å²) >= 11 is 1.84. The Morgan fingerprint density at radius 1 is 0.321 bits per heavy atom. The van der Waals surface area contributed by atoms with Gasteiger partial charge in [0, 0.05) is 36.9 Å². The molecule has 2 heterocycles. The van der Waals surface area contributed by atoms with Gasteiger partial charge in [0.1, 0.15) is 0 Å². The molecule has 0 amide bonds. The molecule has 0 N–H and O–H groups in total. The predicted octanol–water partition coefficient (Wildman–Crippen LogP) is 13.3. The Balaban J connectivity index is 1.07. The van der Waals surface area contributed by atoms with Gasteiger partial charge in [0.05, 0.1) is 5.41 Å². The Morgan fingerprint density at radius 3 is 1.62 bits per heavy atom. The Hall–Kier alpha value is -7.01. The summed E-state index contributed by atoms with van der Waals surface area (Å²) in [5.41, 5.74) is 14.9. The van der Waals surface area contributed by atoms with E-state index in [1.807, 2.05) is 29.5 Å². The van der Waals surface area contributed by atoms with E-state index in [1.54, 1.807) is 0 Å². The van der Waals surface area contributed by atoms with Crippen molar-refractivity contribution < 1.29 is 0 Å². The monoisotopic (exact) mass is 729 g/mol. The smallest absolute Gasteiger partial charge is 0.164 e. The molecule has 2 aromatic heterocycles. The number of rotatable bonds is 4. The van der Waals surface area contributed by atoms with Crippen molar-refractivity contribution in [3.63, 3.8) is 0 Å². The quantitative estimate of drug-likeness (QED) is 0.181. The molecule has 8 aromatic carbocycles.